The maximum absolute atomic E-state index is 10.0. The van der Waals surface area contributed by atoms with E-state index in [1.54, 1.807) is 0 Å². The molecule has 0 unspecified atom stereocenters. The molecule has 9 heteroatoms. The minimum absolute atomic E-state index is 0. The van der Waals surface area contributed by atoms with Crippen molar-refractivity contribution in [3.05, 3.63) is 23.7 Å². The first kappa shape index (κ1) is 46.4. The van der Waals surface area contributed by atoms with E-state index in [1.807, 2.05) is 0 Å². The second-order valence-corrected chi connectivity index (χ2v) is 4.93. The summed E-state index contributed by atoms with van der Waals surface area (Å²) in [5.74, 6) is -0.125. The summed E-state index contributed by atoms with van der Waals surface area (Å²) in [6.07, 6.45) is 4.37. The maximum atomic E-state index is 10.0. The van der Waals surface area contributed by atoms with E-state index in [0.29, 0.717) is 19.8 Å². The van der Waals surface area contributed by atoms with Crippen LogP contribution < -0.4 is 0 Å². The first-order valence-corrected chi connectivity index (χ1v) is 8.24. The molecule has 29 heavy (non-hydrogen) atoms. The summed E-state index contributed by atoms with van der Waals surface area (Å²) < 4.78 is 4.63. The number of hydrogen-bond acceptors (Lipinski definition) is 8. The Morgan fingerprint density at radius 1 is 0.759 bits per heavy atom. The fourth-order valence-corrected chi connectivity index (χ4v) is 0.978. The molecule has 0 aromatic heterocycles. The van der Waals surface area contributed by atoms with Crippen LogP contribution in [0.2, 0.25) is 0 Å². The van der Waals surface area contributed by atoms with Crippen molar-refractivity contribution < 1.29 is 65.7 Å². The van der Waals surface area contributed by atoms with Gasteiger partial charge in [0.25, 0.3) is 0 Å². The predicted octanol–water partition coefficient (Wildman–Crippen LogP) is 3.11. The van der Waals surface area contributed by atoms with Crippen LogP contribution in [0.1, 0.15) is 62.3 Å². The zero-order valence-electron chi connectivity index (χ0n) is 17.1. The van der Waals surface area contributed by atoms with Crippen molar-refractivity contribution in [1.29, 1.82) is 0 Å². The molecule has 5 N–H and O–H groups in total. The van der Waals surface area contributed by atoms with Crippen LogP contribution in [0.25, 0.3) is 0 Å². The van der Waals surface area contributed by atoms with E-state index in [4.69, 9.17) is 25.5 Å². The molecule has 0 spiro atoms. The van der Waals surface area contributed by atoms with Gasteiger partial charge >= 0.3 is 0 Å². The quantitative estimate of drug-likeness (QED) is 0.126. The van der Waals surface area contributed by atoms with Crippen molar-refractivity contribution in [3.63, 3.8) is 0 Å². The summed E-state index contributed by atoms with van der Waals surface area (Å²) in [7, 11) is 0. The third-order valence-corrected chi connectivity index (χ3v) is 1.81. The van der Waals surface area contributed by atoms with Crippen LogP contribution in [0.4, 0.5) is 0 Å². The number of aliphatic hydroxyl groups excluding tert-OH is 5. The number of unbranched alkanes of at least 4 members (excludes halogenated alkanes) is 1. The van der Waals surface area contributed by atoms with Gasteiger partial charge < -0.3 is 30.3 Å². The molecule has 0 aliphatic carbocycles. The van der Waals surface area contributed by atoms with Gasteiger partial charge in [-0.3, -0.25) is 9.59 Å². The number of hydrogen-bond donors (Lipinski definition) is 5. The zero-order chi connectivity index (χ0) is 21.4. The number of ketones is 2. The van der Waals surface area contributed by atoms with Crippen molar-refractivity contribution in [2.45, 2.75) is 62.3 Å². The molecule has 0 aromatic carbocycles. The van der Waals surface area contributed by atoms with E-state index >= 15 is 0 Å². The summed E-state index contributed by atoms with van der Waals surface area (Å²) in [5, 5.41) is 41.0. The molecule has 0 radical (unpaired) electrons. The predicted molar refractivity (Wildman–Crippen MR) is 115 cm³/mol. The molecule has 0 bridgehead atoms. The Kier molecular flexibility index (Phi) is 66.3. The van der Waals surface area contributed by atoms with Gasteiger partial charge in [-0.25, -0.2) is 0 Å². The van der Waals surface area contributed by atoms with Crippen molar-refractivity contribution in [3.8, 4) is 0 Å². The van der Waals surface area contributed by atoms with Gasteiger partial charge in [0.15, 0.2) is 11.6 Å². The maximum Gasteiger partial charge on any atom is 0.155 e. The van der Waals surface area contributed by atoms with E-state index in [9.17, 15) is 9.59 Å². The molecule has 0 aromatic rings. The third kappa shape index (κ3) is 99.4. The molecule has 0 saturated carbocycles. The minimum atomic E-state index is -0.125. The normalized spacial score (nSPS) is 9.24. The molecular weight excluding hydrogens is 547 g/mol. The van der Waals surface area contributed by atoms with Crippen LogP contribution in [-0.4, -0.2) is 70.1 Å². The van der Waals surface area contributed by atoms with Gasteiger partial charge in [-0.1, -0.05) is 28.2 Å². The first-order valence-electron chi connectivity index (χ1n) is 8.24. The molecule has 176 valence electrons. The summed E-state index contributed by atoms with van der Waals surface area (Å²) in [4.78, 5) is 20.0. The monoisotopic (exact) mass is 592 g/mol. The van der Waals surface area contributed by atoms with E-state index < -0.39 is 0 Å². The Balaban J connectivity index is -0.0000000433. The number of rotatable bonds is 8. The van der Waals surface area contributed by atoms with E-state index in [2.05, 4.69) is 11.7 Å². The first-order chi connectivity index (χ1) is 12.1. The third-order valence-electron chi connectivity index (χ3n) is 1.81. The van der Waals surface area contributed by atoms with Gasteiger partial charge in [0.2, 0.25) is 0 Å². The van der Waals surface area contributed by atoms with Gasteiger partial charge in [-0.05, 0) is 34.1 Å². The second kappa shape index (κ2) is 41.5. The molecule has 0 aliphatic heterocycles. The van der Waals surface area contributed by atoms with Crippen molar-refractivity contribution in [2.24, 2.45) is 0 Å². The smallest absolute Gasteiger partial charge is 0.155 e. The van der Waals surface area contributed by atoms with Crippen LogP contribution in [0.5, 0.6) is 0 Å². The summed E-state index contributed by atoms with van der Waals surface area (Å²) >= 11 is 0. The molecule has 8 nitrogen and oxygen atoms in total. The van der Waals surface area contributed by atoms with Gasteiger partial charge in [0.1, 0.15) is 0 Å². The topological polar surface area (TPSA) is 145 Å². The van der Waals surface area contributed by atoms with Crippen molar-refractivity contribution in [2.75, 3.05) is 33.0 Å². The standard InChI is InChI=1S/2C5H8O2.C4H10O3.C4H10O.2CH4.Hf/c2*1-4(6)3-5(2)7;5-1-3-7-4-2-6;1-2-3-4-5;;;/h2*3,6H,1-2H3;5-6H,1-4H2;5H,2-4H2,1H3;2*1H4;. The van der Waals surface area contributed by atoms with E-state index in [1.165, 1.54) is 39.8 Å². The van der Waals surface area contributed by atoms with Crippen molar-refractivity contribution >= 4 is 11.6 Å². The van der Waals surface area contributed by atoms with Gasteiger partial charge in [-0.15, -0.1) is 0 Å². The Morgan fingerprint density at radius 2 is 1.07 bits per heavy atom. The fourth-order valence-electron chi connectivity index (χ4n) is 0.978. The Hall–Kier alpha value is -0.870. The molecule has 0 fully saturated rings. The van der Waals surface area contributed by atoms with Crippen LogP contribution >= 0.6 is 0 Å². The largest absolute Gasteiger partial charge is 0.512 e. The average molecular weight is 591 g/mol. The Morgan fingerprint density at radius 3 is 1.14 bits per heavy atom. The molecular formula is C20H44HfO8. The number of allylic oxidation sites excluding steroid dienone is 4. The second-order valence-electron chi connectivity index (χ2n) is 4.93. The summed E-state index contributed by atoms with van der Waals surface area (Å²) in [6, 6.07) is 0. The van der Waals surface area contributed by atoms with E-state index in [-0.39, 0.29) is 77.0 Å². The number of ether oxygens (including phenoxy) is 1. The van der Waals surface area contributed by atoms with Crippen LogP contribution in [0, 0.1) is 0 Å². The van der Waals surface area contributed by atoms with Crippen molar-refractivity contribution in [1.82, 2.24) is 0 Å². The molecule has 0 atom stereocenters. The molecule has 0 rings (SSSR count). The van der Waals surface area contributed by atoms with Crippen LogP contribution in [0.3, 0.4) is 0 Å². The van der Waals surface area contributed by atoms with E-state index in [0.717, 1.165) is 12.8 Å². The Labute approximate surface area is 196 Å². The summed E-state index contributed by atoms with van der Waals surface area (Å²) in [5.41, 5.74) is 0. The van der Waals surface area contributed by atoms with Gasteiger partial charge in [0, 0.05) is 44.6 Å². The molecule has 0 aliphatic rings. The number of aliphatic hydroxyl groups is 5. The average Bonchev–Trinajstić information content (AvgIpc) is 2.47. The summed E-state index contributed by atoms with van der Waals surface area (Å²) in [6.45, 7) is 8.79. The fraction of sp³-hybridized carbons (Fsp3) is 0.700. The zero-order valence-corrected chi connectivity index (χ0v) is 20.7. The van der Waals surface area contributed by atoms with Gasteiger partial charge in [0.05, 0.1) is 37.9 Å². The number of carbonyl (C=O) groups excluding carboxylic acids is 2. The SMILES string of the molecule is C.C.CC(=O)C=C(C)O.CC(=O)C=C(C)O.CCCCO.OCCOCCO.[Hf]. The van der Waals surface area contributed by atoms with Crippen LogP contribution in [0.15, 0.2) is 23.7 Å². The molecule has 0 heterocycles. The molecule has 0 saturated heterocycles. The van der Waals surface area contributed by atoms with Gasteiger partial charge in [-0.2, -0.15) is 0 Å². The number of carbonyl (C=O) groups is 2. The van der Waals surface area contributed by atoms with Crippen LogP contribution in [-0.2, 0) is 40.2 Å². The molecule has 0 amide bonds. The minimum Gasteiger partial charge on any atom is -0.512 e. The Bertz CT molecular complexity index is 341.